The summed E-state index contributed by atoms with van der Waals surface area (Å²) in [6.45, 7) is 2.49. The number of phenolic OH excluding ortho intramolecular Hbond substituents is 1. The Bertz CT molecular complexity index is 638. The number of carbonyl (C=O) groups excluding carboxylic acids is 1. The van der Waals surface area contributed by atoms with E-state index in [-0.39, 0.29) is 22.9 Å². The fraction of sp³-hybridized carbons (Fsp3) is 0.188. The summed E-state index contributed by atoms with van der Waals surface area (Å²) in [5, 5.41) is 9.87. The number of hydrogen-bond acceptors (Lipinski definition) is 3. The minimum Gasteiger partial charge on any atom is -0.505 e. The first-order valence-corrected chi connectivity index (χ1v) is 6.38. The average molecular weight is 270 g/mol. The molecule has 4 heteroatoms. The van der Waals surface area contributed by atoms with E-state index >= 15 is 0 Å². The van der Waals surface area contributed by atoms with Crippen LogP contribution in [-0.4, -0.2) is 23.0 Å². The van der Waals surface area contributed by atoms with Gasteiger partial charge >= 0.3 is 0 Å². The third kappa shape index (κ3) is 2.74. The van der Waals surface area contributed by atoms with Crippen molar-refractivity contribution in [3.8, 4) is 5.75 Å². The topological polar surface area (TPSA) is 66.6 Å². The number of rotatable bonds is 3. The molecule has 0 bridgehead atoms. The zero-order valence-corrected chi connectivity index (χ0v) is 11.6. The number of aromatic hydroxyl groups is 1. The molecule has 0 spiro atoms. The lowest BCUT2D eigenvalue weighted by Crippen LogP contribution is -2.26. The van der Waals surface area contributed by atoms with Crippen LogP contribution in [0.5, 0.6) is 5.75 Å². The van der Waals surface area contributed by atoms with E-state index in [1.807, 2.05) is 31.2 Å². The fourth-order valence-corrected chi connectivity index (χ4v) is 2.05. The van der Waals surface area contributed by atoms with Gasteiger partial charge in [-0.05, 0) is 30.2 Å². The number of nitrogens with two attached hydrogens (primary N) is 1. The summed E-state index contributed by atoms with van der Waals surface area (Å²) >= 11 is 0. The second-order valence-electron chi connectivity index (χ2n) is 4.83. The summed E-state index contributed by atoms with van der Waals surface area (Å²) in [5.74, 6) is -0.410. The summed E-state index contributed by atoms with van der Waals surface area (Å²) < 4.78 is 0. The van der Waals surface area contributed by atoms with Gasteiger partial charge in [0.15, 0.2) is 5.75 Å². The third-order valence-electron chi connectivity index (χ3n) is 3.31. The standard InChI is InChI=1S/C16H18N2O2/c1-11-6-3-4-7-12(11)10-18(2)16(20)13-8-5-9-14(17)15(13)19/h3-9,19H,10,17H2,1-2H3. The van der Waals surface area contributed by atoms with Crippen LogP contribution in [0, 0.1) is 6.92 Å². The number of hydrogen-bond donors (Lipinski definition) is 2. The van der Waals surface area contributed by atoms with E-state index in [2.05, 4.69) is 0 Å². The van der Waals surface area contributed by atoms with Crippen molar-refractivity contribution in [1.82, 2.24) is 4.90 Å². The van der Waals surface area contributed by atoms with Crippen LogP contribution < -0.4 is 5.73 Å². The van der Waals surface area contributed by atoms with Gasteiger partial charge in [-0.2, -0.15) is 0 Å². The summed E-state index contributed by atoms with van der Waals surface area (Å²) in [5.41, 5.74) is 8.25. The molecule has 2 aromatic carbocycles. The molecule has 0 saturated heterocycles. The smallest absolute Gasteiger partial charge is 0.257 e. The number of phenols is 1. The molecule has 1 amide bonds. The van der Waals surface area contributed by atoms with Gasteiger partial charge in [0.25, 0.3) is 5.91 Å². The second-order valence-corrected chi connectivity index (χ2v) is 4.83. The van der Waals surface area contributed by atoms with Crippen LogP contribution in [0.3, 0.4) is 0 Å². The quantitative estimate of drug-likeness (QED) is 0.665. The Hall–Kier alpha value is -2.49. The summed E-state index contributed by atoms with van der Waals surface area (Å²) in [4.78, 5) is 13.9. The molecule has 0 fully saturated rings. The predicted octanol–water partition coefficient (Wildman–Crippen LogP) is 2.56. The van der Waals surface area contributed by atoms with Crippen LogP contribution in [0.25, 0.3) is 0 Å². The Balaban J connectivity index is 2.21. The van der Waals surface area contributed by atoms with Crippen molar-refractivity contribution in [3.05, 3.63) is 59.2 Å². The highest BCUT2D eigenvalue weighted by Crippen LogP contribution is 2.25. The van der Waals surface area contributed by atoms with Gasteiger partial charge < -0.3 is 15.7 Å². The molecule has 4 nitrogen and oxygen atoms in total. The highest BCUT2D eigenvalue weighted by atomic mass is 16.3. The van der Waals surface area contributed by atoms with Crippen molar-refractivity contribution in [2.75, 3.05) is 12.8 Å². The number of para-hydroxylation sites is 1. The van der Waals surface area contributed by atoms with Crippen molar-refractivity contribution in [2.45, 2.75) is 13.5 Å². The number of nitrogens with zero attached hydrogens (tertiary/aromatic N) is 1. The van der Waals surface area contributed by atoms with Crippen molar-refractivity contribution in [3.63, 3.8) is 0 Å². The number of amides is 1. The van der Waals surface area contributed by atoms with E-state index in [1.165, 1.54) is 0 Å². The maximum atomic E-state index is 12.3. The minimum atomic E-state index is -0.252. The average Bonchev–Trinajstić information content (AvgIpc) is 2.43. The van der Waals surface area contributed by atoms with Gasteiger partial charge in [0.05, 0.1) is 11.3 Å². The predicted molar refractivity (Wildman–Crippen MR) is 79.5 cm³/mol. The molecule has 3 N–H and O–H groups in total. The van der Waals surface area contributed by atoms with E-state index < -0.39 is 0 Å². The normalized spacial score (nSPS) is 10.3. The zero-order valence-electron chi connectivity index (χ0n) is 11.6. The number of anilines is 1. The summed E-state index contributed by atoms with van der Waals surface area (Å²) in [6.07, 6.45) is 0. The maximum absolute atomic E-state index is 12.3. The lowest BCUT2D eigenvalue weighted by Gasteiger charge is -2.19. The van der Waals surface area contributed by atoms with Crippen molar-refractivity contribution < 1.29 is 9.90 Å². The Morgan fingerprint density at radius 1 is 1.20 bits per heavy atom. The Labute approximate surface area is 118 Å². The van der Waals surface area contributed by atoms with Gasteiger partial charge in [0.2, 0.25) is 0 Å². The van der Waals surface area contributed by atoms with Gasteiger partial charge in [-0.15, -0.1) is 0 Å². The van der Waals surface area contributed by atoms with E-state index in [0.29, 0.717) is 6.54 Å². The molecule has 0 atom stereocenters. The Morgan fingerprint density at radius 2 is 1.90 bits per heavy atom. The van der Waals surface area contributed by atoms with E-state index in [1.54, 1.807) is 30.1 Å². The van der Waals surface area contributed by atoms with Crippen LogP contribution in [0.2, 0.25) is 0 Å². The molecular weight excluding hydrogens is 252 g/mol. The largest absolute Gasteiger partial charge is 0.505 e. The molecule has 0 radical (unpaired) electrons. The van der Waals surface area contributed by atoms with Crippen LogP contribution in [0.15, 0.2) is 42.5 Å². The molecule has 0 saturated carbocycles. The zero-order chi connectivity index (χ0) is 14.7. The molecule has 0 aliphatic rings. The van der Waals surface area contributed by atoms with Gasteiger partial charge in [-0.25, -0.2) is 0 Å². The number of carbonyl (C=O) groups is 1. The first-order valence-electron chi connectivity index (χ1n) is 6.38. The Morgan fingerprint density at radius 3 is 2.60 bits per heavy atom. The van der Waals surface area contributed by atoms with Crippen molar-refractivity contribution in [1.29, 1.82) is 0 Å². The van der Waals surface area contributed by atoms with Gasteiger partial charge in [0, 0.05) is 13.6 Å². The number of benzene rings is 2. The molecule has 2 rings (SSSR count). The summed E-state index contributed by atoms with van der Waals surface area (Å²) in [6, 6.07) is 12.7. The second kappa shape index (κ2) is 5.65. The molecule has 2 aromatic rings. The van der Waals surface area contributed by atoms with Gasteiger partial charge in [-0.3, -0.25) is 4.79 Å². The van der Waals surface area contributed by atoms with Crippen LogP contribution in [0.1, 0.15) is 21.5 Å². The van der Waals surface area contributed by atoms with E-state index in [4.69, 9.17) is 5.73 Å². The first-order chi connectivity index (χ1) is 9.50. The maximum Gasteiger partial charge on any atom is 0.257 e. The molecule has 0 aromatic heterocycles. The van der Waals surface area contributed by atoms with Gasteiger partial charge in [-0.1, -0.05) is 30.3 Å². The fourth-order valence-electron chi connectivity index (χ4n) is 2.05. The van der Waals surface area contributed by atoms with Gasteiger partial charge in [0.1, 0.15) is 0 Å². The monoisotopic (exact) mass is 270 g/mol. The lowest BCUT2D eigenvalue weighted by atomic mass is 10.1. The summed E-state index contributed by atoms with van der Waals surface area (Å²) in [7, 11) is 1.71. The highest BCUT2D eigenvalue weighted by Gasteiger charge is 2.17. The van der Waals surface area contributed by atoms with E-state index in [9.17, 15) is 9.90 Å². The lowest BCUT2D eigenvalue weighted by molar-refractivity contribution is 0.0782. The molecule has 20 heavy (non-hydrogen) atoms. The SMILES string of the molecule is Cc1ccccc1CN(C)C(=O)c1cccc(N)c1O. The number of aryl methyl sites for hydroxylation is 1. The first kappa shape index (κ1) is 13.9. The molecule has 0 unspecified atom stereocenters. The van der Waals surface area contributed by atoms with E-state index in [0.717, 1.165) is 11.1 Å². The molecule has 0 heterocycles. The molecule has 104 valence electrons. The molecule has 0 aliphatic carbocycles. The number of nitrogen functional groups attached to an aromatic ring is 1. The highest BCUT2D eigenvalue weighted by molar-refractivity contribution is 5.98. The van der Waals surface area contributed by atoms with Crippen LogP contribution >= 0.6 is 0 Å². The Kier molecular flexibility index (Phi) is 3.94. The minimum absolute atomic E-state index is 0.158. The van der Waals surface area contributed by atoms with Crippen molar-refractivity contribution >= 4 is 11.6 Å². The third-order valence-corrected chi connectivity index (χ3v) is 3.31. The van der Waals surface area contributed by atoms with Crippen LogP contribution in [-0.2, 0) is 6.54 Å². The van der Waals surface area contributed by atoms with Crippen molar-refractivity contribution in [2.24, 2.45) is 0 Å². The van der Waals surface area contributed by atoms with Crippen LogP contribution in [0.4, 0.5) is 5.69 Å². The molecular formula is C16H18N2O2. The molecule has 0 aliphatic heterocycles.